The smallest absolute Gasteiger partial charge is 0.345 e. The fourth-order valence-corrected chi connectivity index (χ4v) is 3.06. The minimum Gasteiger partial charge on any atom is -0.477 e. The third-order valence-electron chi connectivity index (χ3n) is 3.43. The predicted octanol–water partition coefficient (Wildman–Crippen LogP) is 4.45. The van der Waals surface area contributed by atoms with Gasteiger partial charge in [0.05, 0.1) is 0 Å². The zero-order chi connectivity index (χ0) is 15.0. The van der Waals surface area contributed by atoms with E-state index < -0.39 is 5.97 Å². The molecule has 0 radical (unpaired) electrons. The molecule has 0 fully saturated rings. The van der Waals surface area contributed by atoms with Gasteiger partial charge >= 0.3 is 5.97 Å². The number of aromatic carboxylic acids is 1. The van der Waals surface area contributed by atoms with Gasteiger partial charge in [0.25, 0.3) is 0 Å². The summed E-state index contributed by atoms with van der Waals surface area (Å²) in [7, 11) is 0. The van der Waals surface area contributed by atoms with Gasteiger partial charge in [-0.1, -0.05) is 39.5 Å². The lowest BCUT2D eigenvalue weighted by Gasteiger charge is -2.06. The molecule has 0 saturated carbocycles. The third-order valence-corrected chi connectivity index (χ3v) is 4.51. The highest BCUT2D eigenvalue weighted by Gasteiger charge is 2.10. The minimum atomic E-state index is -0.825. The van der Waals surface area contributed by atoms with Gasteiger partial charge in [0, 0.05) is 11.4 Å². The highest BCUT2D eigenvalue weighted by Crippen LogP contribution is 2.21. The van der Waals surface area contributed by atoms with Crippen LogP contribution in [0.2, 0.25) is 0 Å². The van der Waals surface area contributed by atoms with Crippen LogP contribution in [0.1, 0.15) is 66.1 Å². The fourth-order valence-electron chi connectivity index (χ4n) is 2.18. The molecule has 2 N–H and O–H groups in total. The first kappa shape index (κ1) is 17.2. The van der Waals surface area contributed by atoms with E-state index in [1.165, 1.54) is 43.4 Å². The molecule has 0 unspecified atom stereocenters. The molecule has 1 aromatic heterocycles. The van der Waals surface area contributed by atoms with Gasteiger partial charge < -0.3 is 10.4 Å². The van der Waals surface area contributed by atoms with E-state index >= 15 is 0 Å². The Balaban J connectivity index is 2.11. The molecule has 20 heavy (non-hydrogen) atoms. The maximum absolute atomic E-state index is 10.9. The largest absolute Gasteiger partial charge is 0.477 e. The van der Waals surface area contributed by atoms with Crippen LogP contribution in [0.4, 0.5) is 0 Å². The summed E-state index contributed by atoms with van der Waals surface area (Å²) in [5.41, 5.74) is 1.12. The van der Waals surface area contributed by atoms with Crippen LogP contribution >= 0.6 is 11.3 Å². The normalized spacial score (nSPS) is 11.2. The number of hydrogen-bond acceptors (Lipinski definition) is 3. The lowest BCUT2D eigenvalue weighted by atomic mass is 10.0. The number of rotatable bonds is 10. The van der Waals surface area contributed by atoms with Gasteiger partial charge in [-0.2, -0.15) is 0 Å². The predicted molar refractivity (Wildman–Crippen MR) is 85.6 cm³/mol. The Hall–Kier alpha value is -0.870. The Labute approximate surface area is 126 Å². The lowest BCUT2D eigenvalue weighted by Crippen LogP contribution is -2.14. The lowest BCUT2D eigenvalue weighted by molar-refractivity contribution is 0.0702. The highest BCUT2D eigenvalue weighted by atomic mass is 32.1. The molecule has 0 aromatic carbocycles. The van der Waals surface area contributed by atoms with Crippen molar-refractivity contribution in [1.82, 2.24) is 5.32 Å². The SMILES string of the molecule is Cc1sc(C(=O)O)cc1CNCCCCCCC(C)C. The van der Waals surface area contributed by atoms with E-state index in [9.17, 15) is 4.79 Å². The zero-order valence-electron chi connectivity index (χ0n) is 12.9. The van der Waals surface area contributed by atoms with Crippen molar-refractivity contribution in [2.45, 2.75) is 59.4 Å². The molecule has 4 heteroatoms. The van der Waals surface area contributed by atoms with Crippen molar-refractivity contribution in [3.8, 4) is 0 Å². The van der Waals surface area contributed by atoms with Crippen LogP contribution < -0.4 is 5.32 Å². The standard InChI is InChI=1S/C16H27NO2S/c1-12(2)8-6-4-5-7-9-17-11-14-10-15(16(18)19)20-13(14)3/h10,12,17H,4-9,11H2,1-3H3,(H,18,19). The number of thiophene rings is 1. The van der Waals surface area contributed by atoms with E-state index in [2.05, 4.69) is 19.2 Å². The molecule has 0 atom stereocenters. The molecule has 0 spiro atoms. The van der Waals surface area contributed by atoms with Gasteiger partial charge in [-0.15, -0.1) is 11.3 Å². The van der Waals surface area contributed by atoms with Crippen LogP contribution in [0.15, 0.2) is 6.07 Å². The summed E-state index contributed by atoms with van der Waals surface area (Å²) in [5.74, 6) is -0.00683. The number of aryl methyl sites for hydroxylation is 1. The van der Waals surface area contributed by atoms with Crippen LogP contribution in [0.25, 0.3) is 0 Å². The van der Waals surface area contributed by atoms with Crippen LogP contribution in [-0.2, 0) is 6.54 Å². The summed E-state index contributed by atoms with van der Waals surface area (Å²) < 4.78 is 0. The Bertz CT molecular complexity index is 413. The van der Waals surface area contributed by atoms with E-state index in [1.807, 2.05) is 6.92 Å². The van der Waals surface area contributed by atoms with E-state index in [0.29, 0.717) is 4.88 Å². The number of carboxylic acids is 1. The van der Waals surface area contributed by atoms with Crippen molar-refractivity contribution in [1.29, 1.82) is 0 Å². The highest BCUT2D eigenvalue weighted by molar-refractivity contribution is 7.14. The van der Waals surface area contributed by atoms with Gasteiger partial charge in [0.1, 0.15) is 4.88 Å². The molecule has 1 rings (SSSR count). The van der Waals surface area contributed by atoms with Gasteiger partial charge in [-0.3, -0.25) is 0 Å². The van der Waals surface area contributed by atoms with Crippen molar-refractivity contribution in [3.05, 3.63) is 21.4 Å². The molecule has 1 aromatic rings. The van der Waals surface area contributed by atoms with Crippen molar-refractivity contribution in [2.75, 3.05) is 6.54 Å². The molecular weight excluding hydrogens is 270 g/mol. The number of nitrogens with one attached hydrogen (secondary N) is 1. The van der Waals surface area contributed by atoms with Crippen LogP contribution in [0.5, 0.6) is 0 Å². The molecule has 0 aliphatic carbocycles. The van der Waals surface area contributed by atoms with Crippen molar-refractivity contribution in [2.24, 2.45) is 5.92 Å². The van der Waals surface area contributed by atoms with Gasteiger partial charge in [-0.25, -0.2) is 4.79 Å². The van der Waals surface area contributed by atoms with Crippen LogP contribution in [0.3, 0.4) is 0 Å². The minimum absolute atomic E-state index is 0.438. The quantitative estimate of drug-likeness (QED) is 0.627. The molecule has 114 valence electrons. The fraction of sp³-hybridized carbons (Fsp3) is 0.688. The summed E-state index contributed by atoms with van der Waals surface area (Å²) in [6, 6.07) is 1.79. The van der Waals surface area contributed by atoms with Gasteiger partial charge in [0.15, 0.2) is 0 Å². The Morgan fingerprint density at radius 3 is 2.60 bits per heavy atom. The average molecular weight is 297 g/mol. The molecule has 0 bridgehead atoms. The molecule has 0 amide bonds. The molecule has 1 heterocycles. The Morgan fingerprint density at radius 1 is 1.30 bits per heavy atom. The molecule has 0 saturated heterocycles. The van der Waals surface area contributed by atoms with Crippen LogP contribution in [0, 0.1) is 12.8 Å². The Kier molecular flexibility index (Phi) is 7.85. The maximum Gasteiger partial charge on any atom is 0.345 e. The van der Waals surface area contributed by atoms with E-state index in [0.717, 1.165) is 29.4 Å². The second-order valence-electron chi connectivity index (χ2n) is 5.77. The molecular formula is C16H27NO2S. The zero-order valence-corrected chi connectivity index (χ0v) is 13.7. The number of carboxylic acid groups (broad SMARTS) is 1. The van der Waals surface area contributed by atoms with Crippen molar-refractivity contribution < 1.29 is 9.90 Å². The monoisotopic (exact) mass is 297 g/mol. The second-order valence-corrected chi connectivity index (χ2v) is 7.03. The second kappa shape index (κ2) is 9.14. The van der Waals surface area contributed by atoms with Gasteiger partial charge in [-0.05, 0) is 37.4 Å². The van der Waals surface area contributed by atoms with E-state index in [4.69, 9.17) is 5.11 Å². The topological polar surface area (TPSA) is 49.3 Å². The first-order valence-electron chi connectivity index (χ1n) is 7.54. The number of unbranched alkanes of at least 4 members (excludes halogenated alkanes) is 3. The first-order chi connectivity index (χ1) is 9.50. The molecule has 0 aliphatic rings. The van der Waals surface area contributed by atoms with Gasteiger partial charge in [0.2, 0.25) is 0 Å². The summed E-state index contributed by atoms with van der Waals surface area (Å²) >= 11 is 1.36. The van der Waals surface area contributed by atoms with E-state index in [1.54, 1.807) is 6.07 Å². The first-order valence-corrected chi connectivity index (χ1v) is 8.35. The average Bonchev–Trinajstić information content (AvgIpc) is 2.74. The summed E-state index contributed by atoms with van der Waals surface area (Å²) in [4.78, 5) is 12.4. The summed E-state index contributed by atoms with van der Waals surface area (Å²) in [5, 5.41) is 12.4. The van der Waals surface area contributed by atoms with Crippen molar-refractivity contribution >= 4 is 17.3 Å². The summed E-state index contributed by atoms with van der Waals surface area (Å²) in [6.45, 7) is 8.33. The summed E-state index contributed by atoms with van der Waals surface area (Å²) in [6.07, 6.45) is 6.47. The van der Waals surface area contributed by atoms with Crippen molar-refractivity contribution in [3.63, 3.8) is 0 Å². The number of carbonyl (C=O) groups is 1. The molecule has 0 aliphatic heterocycles. The molecule has 3 nitrogen and oxygen atoms in total. The number of hydrogen-bond donors (Lipinski definition) is 2. The Morgan fingerprint density at radius 2 is 2.00 bits per heavy atom. The third kappa shape index (κ3) is 6.53. The maximum atomic E-state index is 10.9. The van der Waals surface area contributed by atoms with Crippen LogP contribution in [-0.4, -0.2) is 17.6 Å². The van der Waals surface area contributed by atoms with E-state index in [-0.39, 0.29) is 0 Å².